The van der Waals surface area contributed by atoms with Crippen molar-refractivity contribution in [3.63, 3.8) is 0 Å². The summed E-state index contributed by atoms with van der Waals surface area (Å²) in [6, 6.07) is 9.58. The SMILES string of the molecule is CCN(C)CCNC(=O)N[C@H]1CC(=O)N(Cc2ccccc2)C1. The van der Waals surface area contributed by atoms with E-state index in [1.54, 1.807) is 4.90 Å². The molecule has 1 saturated heterocycles. The summed E-state index contributed by atoms with van der Waals surface area (Å²) in [4.78, 5) is 27.9. The Kier molecular flexibility index (Phi) is 6.40. The van der Waals surface area contributed by atoms with Crippen molar-refractivity contribution in [2.75, 3.05) is 33.2 Å². The number of urea groups is 1. The lowest BCUT2D eigenvalue weighted by molar-refractivity contribution is -0.128. The molecule has 2 rings (SSSR count). The quantitative estimate of drug-likeness (QED) is 0.789. The second kappa shape index (κ2) is 8.53. The molecule has 1 aromatic carbocycles. The number of carbonyl (C=O) groups is 2. The molecule has 23 heavy (non-hydrogen) atoms. The second-order valence-electron chi connectivity index (χ2n) is 5.96. The molecule has 0 saturated carbocycles. The van der Waals surface area contributed by atoms with Gasteiger partial charge in [0.2, 0.25) is 5.91 Å². The van der Waals surface area contributed by atoms with Crippen LogP contribution in [0.15, 0.2) is 30.3 Å². The minimum atomic E-state index is -0.200. The molecule has 0 radical (unpaired) electrons. The van der Waals surface area contributed by atoms with Gasteiger partial charge in [0.15, 0.2) is 0 Å². The van der Waals surface area contributed by atoms with E-state index in [4.69, 9.17) is 0 Å². The second-order valence-corrected chi connectivity index (χ2v) is 5.96. The van der Waals surface area contributed by atoms with Crippen molar-refractivity contribution in [2.45, 2.75) is 25.9 Å². The van der Waals surface area contributed by atoms with Gasteiger partial charge >= 0.3 is 6.03 Å². The van der Waals surface area contributed by atoms with E-state index in [2.05, 4.69) is 22.5 Å². The number of likely N-dealkylation sites (N-methyl/N-ethyl adjacent to an activating group) is 1. The van der Waals surface area contributed by atoms with Gasteiger partial charge in [0.25, 0.3) is 0 Å². The summed E-state index contributed by atoms with van der Waals surface area (Å²) in [5.74, 6) is 0.0878. The molecule has 0 aliphatic carbocycles. The van der Waals surface area contributed by atoms with E-state index in [0.29, 0.717) is 26.1 Å². The molecule has 0 bridgehead atoms. The molecular formula is C17H26N4O2. The van der Waals surface area contributed by atoms with Crippen molar-refractivity contribution in [2.24, 2.45) is 0 Å². The average molecular weight is 318 g/mol. The third-order valence-electron chi connectivity index (χ3n) is 4.08. The van der Waals surface area contributed by atoms with Crippen LogP contribution < -0.4 is 10.6 Å². The molecule has 3 amide bonds. The predicted molar refractivity (Wildman–Crippen MR) is 90.0 cm³/mol. The monoisotopic (exact) mass is 318 g/mol. The Morgan fingerprint density at radius 2 is 2.09 bits per heavy atom. The first-order valence-corrected chi connectivity index (χ1v) is 8.13. The smallest absolute Gasteiger partial charge is 0.315 e. The van der Waals surface area contributed by atoms with Crippen LogP contribution in [0.5, 0.6) is 0 Å². The molecule has 1 heterocycles. The molecule has 6 nitrogen and oxygen atoms in total. The highest BCUT2D eigenvalue weighted by Gasteiger charge is 2.30. The van der Waals surface area contributed by atoms with E-state index < -0.39 is 0 Å². The minimum Gasteiger partial charge on any atom is -0.337 e. The standard InChI is InChI=1S/C17H26N4O2/c1-3-20(2)10-9-18-17(23)19-15-11-16(22)21(13-15)12-14-7-5-4-6-8-14/h4-8,15H,3,9-13H2,1-2H3,(H2,18,19,23)/t15-/m0/s1. The van der Waals surface area contributed by atoms with Crippen molar-refractivity contribution in [3.05, 3.63) is 35.9 Å². The van der Waals surface area contributed by atoms with E-state index in [9.17, 15) is 9.59 Å². The summed E-state index contributed by atoms with van der Waals surface area (Å²) < 4.78 is 0. The van der Waals surface area contributed by atoms with Gasteiger partial charge in [-0.3, -0.25) is 4.79 Å². The zero-order chi connectivity index (χ0) is 16.7. The van der Waals surface area contributed by atoms with Crippen molar-refractivity contribution < 1.29 is 9.59 Å². The molecule has 2 N–H and O–H groups in total. The highest BCUT2D eigenvalue weighted by Crippen LogP contribution is 2.14. The number of likely N-dealkylation sites (tertiary alicyclic amines) is 1. The van der Waals surface area contributed by atoms with E-state index in [0.717, 1.165) is 18.7 Å². The molecular weight excluding hydrogens is 292 g/mol. The Morgan fingerprint density at radius 1 is 1.35 bits per heavy atom. The van der Waals surface area contributed by atoms with Gasteiger partial charge in [-0.05, 0) is 19.2 Å². The van der Waals surface area contributed by atoms with Crippen molar-refractivity contribution in [1.29, 1.82) is 0 Å². The molecule has 0 spiro atoms. The number of amides is 3. The number of nitrogens with zero attached hydrogens (tertiary/aromatic N) is 2. The fraction of sp³-hybridized carbons (Fsp3) is 0.529. The first-order chi connectivity index (χ1) is 11.1. The van der Waals surface area contributed by atoms with E-state index in [1.165, 1.54) is 0 Å². The third kappa shape index (κ3) is 5.56. The lowest BCUT2D eigenvalue weighted by atomic mass is 10.2. The maximum atomic E-state index is 12.1. The lowest BCUT2D eigenvalue weighted by Gasteiger charge is -2.18. The van der Waals surface area contributed by atoms with E-state index in [-0.39, 0.29) is 18.0 Å². The van der Waals surface area contributed by atoms with Crippen LogP contribution in [0.4, 0.5) is 4.79 Å². The van der Waals surface area contributed by atoms with Gasteiger partial charge in [0.1, 0.15) is 0 Å². The molecule has 1 atom stereocenters. The van der Waals surface area contributed by atoms with Crippen LogP contribution in [0, 0.1) is 0 Å². The third-order valence-corrected chi connectivity index (χ3v) is 4.08. The van der Waals surface area contributed by atoms with Gasteiger partial charge in [-0.25, -0.2) is 4.79 Å². The summed E-state index contributed by atoms with van der Waals surface area (Å²) in [5, 5.41) is 5.72. The molecule has 1 fully saturated rings. The number of benzene rings is 1. The Bertz CT molecular complexity index is 521. The van der Waals surface area contributed by atoms with E-state index in [1.807, 2.05) is 37.4 Å². The predicted octanol–water partition coefficient (Wildman–Crippen LogP) is 1.04. The largest absolute Gasteiger partial charge is 0.337 e. The molecule has 6 heteroatoms. The highest BCUT2D eigenvalue weighted by atomic mass is 16.2. The van der Waals surface area contributed by atoms with Crippen LogP contribution in [0.3, 0.4) is 0 Å². The van der Waals surface area contributed by atoms with Gasteiger partial charge in [-0.2, -0.15) is 0 Å². The fourth-order valence-electron chi connectivity index (χ4n) is 2.58. The summed E-state index contributed by atoms with van der Waals surface area (Å²) in [5.41, 5.74) is 1.11. The summed E-state index contributed by atoms with van der Waals surface area (Å²) in [7, 11) is 2.01. The topological polar surface area (TPSA) is 64.7 Å². The minimum absolute atomic E-state index is 0.0878. The van der Waals surface area contributed by atoms with Gasteiger partial charge in [-0.15, -0.1) is 0 Å². The van der Waals surface area contributed by atoms with Crippen LogP contribution >= 0.6 is 0 Å². The molecule has 1 aliphatic heterocycles. The fourth-order valence-corrected chi connectivity index (χ4v) is 2.58. The van der Waals surface area contributed by atoms with Gasteiger partial charge < -0.3 is 20.4 Å². The van der Waals surface area contributed by atoms with Crippen molar-refractivity contribution in [3.8, 4) is 0 Å². The number of carbonyl (C=O) groups excluding carboxylic acids is 2. The van der Waals surface area contributed by atoms with Crippen LogP contribution in [-0.2, 0) is 11.3 Å². The summed E-state index contributed by atoms with van der Waals surface area (Å²) in [6.07, 6.45) is 0.370. The van der Waals surface area contributed by atoms with Crippen LogP contribution in [0.2, 0.25) is 0 Å². The normalized spacial score (nSPS) is 17.6. The summed E-state index contributed by atoms with van der Waals surface area (Å²) >= 11 is 0. The van der Waals surface area contributed by atoms with Gasteiger partial charge in [0.05, 0.1) is 6.04 Å². The van der Waals surface area contributed by atoms with Crippen LogP contribution in [0.1, 0.15) is 18.9 Å². The molecule has 1 aliphatic rings. The van der Waals surface area contributed by atoms with Crippen molar-refractivity contribution >= 4 is 11.9 Å². The van der Waals surface area contributed by atoms with Gasteiger partial charge in [0, 0.05) is 32.6 Å². The average Bonchev–Trinajstić information content (AvgIpc) is 2.87. The zero-order valence-corrected chi connectivity index (χ0v) is 13.9. The number of rotatable bonds is 7. The number of hydrogen-bond acceptors (Lipinski definition) is 3. The summed E-state index contributed by atoms with van der Waals surface area (Å²) in [6.45, 7) is 5.61. The maximum Gasteiger partial charge on any atom is 0.315 e. The molecule has 0 unspecified atom stereocenters. The Labute approximate surface area is 137 Å². The van der Waals surface area contributed by atoms with Gasteiger partial charge in [-0.1, -0.05) is 37.3 Å². The lowest BCUT2D eigenvalue weighted by Crippen LogP contribution is -2.45. The van der Waals surface area contributed by atoms with Crippen LogP contribution in [0.25, 0.3) is 0 Å². The Morgan fingerprint density at radius 3 is 2.78 bits per heavy atom. The first kappa shape index (κ1) is 17.3. The highest BCUT2D eigenvalue weighted by molar-refractivity contribution is 5.81. The number of nitrogens with one attached hydrogen (secondary N) is 2. The molecule has 1 aromatic rings. The number of hydrogen-bond donors (Lipinski definition) is 2. The molecule has 126 valence electrons. The van der Waals surface area contributed by atoms with Crippen LogP contribution in [-0.4, -0.2) is 61.0 Å². The first-order valence-electron chi connectivity index (χ1n) is 8.13. The maximum absolute atomic E-state index is 12.1. The van der Waals surface area contributed by atoms with Crippen molar-refractivity contribution in [1.82, 2.24) is 20.4 Å². The Hall–Kier alpha value is -2.08. The molecule has 0 aromatic heterocycles. The van der Waals surface area contributed by atoms with E-state index >= 15 is 0 Å². The zero-order valence-electron chi connectivity index (χ0n) is 13.9. The Balaban J connectivity index is 1.73.